The predicted molar refractivity (Wildman–Crippen MR) is 88.8 cm³/mol. The summed E-state index contributed by atoms with van der Waals surface area (Å²) in [6, 6.07) is 1.89. The number of anilines is 1. The van der Waals surface area contributed by atoms with Gasteiger partial charge in [0.2, 0.25) is 0 Å². The molecule has 1 amide bonds. The Bertz CT molecular complexity index is 731. The van der Waals surface area contributed by atoms with E-state index in [1.807, 2.05) is 24.8 Å². The fourth-order valence-corrected chi connectivity index (χ4v) is 2.81. The lowest BCUT2D eigenvalue weighted by Crippen LogP contribution is -2.45. The highest BCUT2D eigenvalue weighted by Gasteiger charge is 2.37. The van der Waals surface area contributed by atoms with Gasteiger partial charge in [0, 0.05) is 44.1 Å². The molecule has 128 valence electrons. The van der Waals surface area contributed by atoms with E-state index in [2.05, 4.69) is 20.4 Å². The molecule has 3 rings (SSSR count). The maximum Gasteiger partial charge on any atom is 0.254 e. The van der Waals surface area contributed by atoms with E-state index in [9.17, 15) is 9.90 Å². The zero-order valence-electron chi connectivity index (χ0n) is 13.9. The van der Waals surface area contributed by atoms with Crippen molar-refractivity contribution in [3.8, 4) is 0 Å². The molecule has 24 heavy (non-hydrogen) atoms. The Morgan fingerprint density at radius 2 is 2.29 bits per heavy atom. The van der Waals surface area contributed by atoms with Crippen LogP contribution in [0.4, 0.5) is 5.82 Å². The Morgan fingerprint density at radius 1 is 1.46 bits per heavy atom. The van der Waals surface area contributed by atoms with Crippen LogP contribution in [0.15, 0.2) is 24.8 Å². The van der Waals surface area contributed by atoms with E-state index in [1.165, 1.54) is 12.5 Å². The van der Waals surface area contributed by atoms with Crippen molar-refractivity contribution in [1.29, 1.82) is 0 Å². The first kappa shape index (κ1) is 16.4. The van der Waals surface area contributed by atoms with Gasteiger partial charge in [-0.3, -0.25) is 9.48 Å². The number of carbonyl (C=O) groups excluding carboxylic acids is 1. The van der Waals surface area contributed by atoms with Gasteiger partial charge in [-0.15, -0.1) is 0 Å². The highest BCUT2D eigenvalue weighted by atomic mass is 16.3. The summed E-state index contributed by atoms with van der Waals surface area (Å²) in [5.41, 5.74) is 0.424. The minimum Gasteiger partial charge on any atom is -0.386 e. The van der Waals surface area contributed by atoms with E-state index in [1.54, 1.807) is 10.9 Å². The number of carbonyl (C=O) groups is 1. The minimum absolute atomic E-state index is 0.198. The monoisotopic (exact) mass is 330 g/mol. The maximum absolute atomic E-state index is 12.2. The number of aliphatic hydroxyl groups is 1. The Morgan fingerprint density at radius 3 is 3.00 bits per heavy atom. The SMILES string of the molecule is CCn1cc(C(=O)NC[C@@]2(O)CCN(c3cc(C)ncn3)C2)cn1. The van der Waals surface area contributed by atoms with Crippen molar-refractivity contribution in [1.82, 2.24) is 25.1 Å². The van der Waals surface area contributed by atoms with Crippen LogP contribution in [-0.2, 0) is 6.54 Å². The number of hydrogen-bond acceptors (Lipinski definition) is 6. The molecule has 0 saturated carbocycles. The van der Waals surface area contributed by atoms with Crippen LogP contribution in [-0.4, -0.2) is 56.0 Å². The second-order valence-corrected chi connectivity index (χ2v) is 6.18. The Hall–Kier alpha value is -2.48. The normalized spacial score (nSPS) is 20.4. The molecule has 1 fully saturated rings. The zero-order valence-corrected chi connectivity index (χ0v) is 13.9. The number of aromatic nitrogens is 4. The summed E-state index contributed by atoms with van der Waals surface area (Å²) in [6.45, 7) is 5.90. The highest BCUT2D eigenvalue weighted by Crippen LogP contribution is 2.25. The lowest BCUT2D eigenvalue weighted by atomic mass is 10.0. The van der Waals surface area contributed by atoms with Gasteiger partial charge in [-0.2, -0.15) is 5.10 Å². The van der Waals surface area contributed by atoms with Crippen molar-refractivity contribution < 1.29 is 9.90 Å². The predicted octanol–water partition coefficient (Wildman–Crippen LogP) is 0.373. The molecular weight excluding hydrogens is 308 g/mol. The summed E-state index contributed by atoms with van der Waals surface area (Å²) in [6.07, 6.45) is 5.33. The van der Waals surface area contributed by atoms with Gasteiger partial charge in [0.25, 0.3) is 5.91 Å². The molecule has 1 aliphatic heterocycles. The number of nitrogens with zero attached hydrogens (tertiary/aromatic N) is 5. The van der Waals surface area contributed by atoms with Crippen LogP contribution in [0.25, 0.3) is 0 Å². The first-order chi connectivity index (χ1) is 11.5. The molecule has 0 unspecified atom stereocenters. The molecule has 0 radical (unpaired) electrons. The van der Waals surface area contributed by atoms with Gasteiger partial charge < -0.3 is 15.3 Å². The molecule has 2 aromatic heterocycles. The van der Waals surface area contributed by atoms with E-state index in [0.29, 0.717) is 31.6 Å². The number of rotatable bonds is 5. The Kier molecular flexibility index (Phi) is 4.48. The number of aryl methyl sites for hydroxylation is 2. The summed E-state index contributed by atoms with van der Waals surface area (Å²) in [5, 5.41) is 17.6. The molecule has 2 aromatic rings. The number of hydrogen-bond donors (Lipinski definition) is 2. The van der Waals surface area contributed by atoms with Gasteiger partial charge in [0.15, 0.2) is 0 Å². The van der Waals surface area contributed by atoms with Crippen LogP contribution >= 0.6 is 0 Å². The highest BCUT2D eigenvalue weighted by molar-refractivity contribution is 5.93. The van der Waals surface area contributed by atoms with Crippen LogP contribution in [0.2, 0.25) is 0 Å². The smallest absolute Gasteiger partial charge is 0.254 e. The summed E-state index contributed by atoms with van der Waals surface area (Å²) in [4.78, 5) is 22.5. The molecule has 0 spiro atoms. The topological polar surface area (TPSA) is 96.2 Å². The molecule has 3 heterocycles. The average molecular weight is 330 g/mol. The molecule has 2 N–H and O–H groups in total. The van der Waals surface area contributed by atoms with E-state index in [4.69, 9.17) is 0 Å². The molecule has 0 bridgehead atoms. The Balaban J connectivity index is 1.58. The van der Waals surface area contributed by atoms with Gasteiger partial charge in [-0.1, -0.05) is 0 Å². The van der Waals surface area contributed by atoms with Gasteiger partial charge in [-0.25, -0.2) is 9.97 Å². The van der Waals surface area contributed by atoms with E-state index in [0.717, 1.165) is 11.5 Å². The number of nitrogens with one attached hydrogen (secondary N) is 1. The summed E-state index contributed by atoms with van der Waals surface area (Å²) in [7, 11) is 0. The Labute approximate surface area is 140 Å². The number of β-amino-alcohol motifs (C(OH)–C–C–N with tert-alkyl or cyclic N) is 1. The molecule has 1 atom stereocenters. The van der Waals surface area contributed by atoms with Crippen LogP contribution in [0.5, 0.6) is 0 Å². The largest absolute Gasteiger partial charge is 0.386 e. The lowest BCUT2D eigenvalue weighted by molar-refractivity contribution is 0.0575. The van der Waals surface area contributed by atoms with Gasteiger partial charge in [0.1, 0.15) is 17.7 Å². The molecular formula is C16H22N6O2. The molecule has 1 aliphatic rings. The fourth-order valence-electron chi connectivity index (χ4n) is 2.81. The third-order valence-electron chi connectivity index (χ3n) is 4.24. The van der Waals surface area contributed by atoms with E-state index < -0.39 is 5.60 Å². The molecule has 1 saturated heterocycles. The third kappa shape index (κ3) is 3.53. The van der Waals surface area contributed by atoms with Crippen LogP contribution < -0.4 is 10.2 Å². The van der Waals surface area contributed by atoms with Crippen LogP contribution in [0.3, 0.4) is 0 Å². The molecule has 8 nitrogen and oxygen atoms in total. The maximum atomic E-state index is 12.2. The third-order valence-corrected chi connectivity index (χ3v) is 4.24. The van der Waals surface area contributed by atoms with Crippen molar-refractivity contribution in [2.75, 3.05) is 24.5 Å². The van der Waals surface area contributed by atoms with E-state index in [-0.39, 0.29) is 12.5 Å². The van der Waals surface area contributed by atoms with Crippen molar-refractivity contribution in [3.63, 3.8) is 0 Å². The van der Waals surface area contributed by atoms with Crippen molar-refractivity contribution in [3.05, 3.63) is 36.0 Å². The van der Waals surface area contributed by atoms with Gasteiger partial charge in [-0.05, 0) is 20.3 Å². The standard InChI is InChI=1S/C16H22N6O2/c1-3-22-8-13(7-20-22)15(23)17-9-16(24)4-5-21(10-16)14-6-12(2)18-11-19-14/h6-8,11,24H,3-5,9-10H2,1-2H3,(H,17,23)/t16-/m0/s1. The second-order valence-electron chi connectivity index (χ2n) is 6.18. The van der Waals surface area contributed by atoms with Crippen molar-refractivity contribution >= 4 is 11.7 Å². The number of amides is 1. The van der Waals surface area contributed by atoms with Gasteiger partial charge >= 0.3 is 0 Å². The minimum atomic E-state index is -0.963. The van der Waals surface area contributed by atoms with E-state index >= 15 is 0 Å². The quantitative estimate of drug-likeness (QED) is 0.822. The van der Waals surface area contributed by atoms with Crippen LogP contribution in [0.1, 0.15) is 29.4 Å². The average Bonchev–Trinajstić information content (AvgIpc) is 3.20. The molecule has 8 heteroatoms. The lowest BCUT2D eigenvalue weighted by Gasteiger charge is -2.24. The molecule has 0 aromatic carbocycles. The summed E-state index contributed by atoms with van der Waals surface area (Å²) in [5.74, 6) is 0.577. The van der Waals surface area contributed by atoms with Crippen molar-refractivity contribution in [2.45, 2.75) is 32.4 Å². The first-order valence-corrected chi connectivity index (χ1v) is 8.06. The van der Waals surface area contributed by atoms with Crippen LogP contribution in [0, 0.1) is 6.92 Å². The molecule has 0 aliphatic carbocycles. The fraction of sp³-hybridized carbons (Fsp3) is 0.500. The first-order valence-electron chi connectivity index (χ1n) is 8.06. The summed E-state index contributed by atoms with van der Waals surface area (Å²) < 4.78 is 1.69. The zero-order chi connectivity index (χ0) is 17.2. The van der Waals surface area contributed by atoms with Crippen molar-refractivity contribution in [2.24, 2.45) is 0 Å². The van der Waals surface area contributed by atoms with Gasteiger partial charge in [0.05, 0.1) is 11.8 Å². The second kappa shape index (κ2) is 6.56. The summed E-state index contributed by atoms with van der Waals surface area (Å²) >= 11 is 0.